The number of hydrogen-bond donors (Lipinski definition) is 1. The second kappa shape index (κ2) is 6.84. The zero-order valence-corrected chi connectivity index (χ0v) is 15.5. The summed E-state index contributed by atoms with van der Waals surface area (Å²) >= 11 is 0. The Hall–Kier alpha value is -1.40. The standard InChI is InChI=1S/C18H27NO4S/c1-17(2,3)16(20)19-11-9-18(21,10-12-19)14-24(22,23)13-15-7-5-4-6-8-15/h4-8,21H,9-14H2,1-3H3. The maximum atomic E-state index is 12.4. The average Bonchev–Trinajstić information content (AvgIpc) is 2.46. The molecule has 0 unspecified atom stereocenters. The van der Waals surface area contributed by atoms with Crippen LogP contribution in [-0.2, 0) is 20.4 Å². The maximum Gasteiger partial charge on any atom is 0.227 e. The van der Waals surface area contributed by atoms with Crippen molar-refractivity contribution in [2.75, 3.05) is 18.8 Å². The van der Waals surface area contributed by atoms with Crippen LogP contribution in [0.5, 0.6) is 0 Å². The molecule has 0 atom stereocenters. The van der Waals surface area contributed by atoms with E-state index in [0.717, 1.165) is 5.56 Å². The number of likely N-dealkylation sites (tertiary alicyclic amines) is 1. The summed E-state index contributed by atoms with van der Waals surface area (Å²) in [7, 11) is -3.41. The second-order valence-corrected chi connectivity index (χ2v) is 9.85. The average molecular weight is 353 g/mol. The van der Waals surface area contributed by atoms with Gasteiger partial charge in [-0.1, -0.05) is 51.1 Å². The van der Waals surface area contributed by atoms with Gasteiger partial charge in [-0.25, -0.2) is 8.42 Å². The summed E-state index contributed by atoms with van der Waals surface area (Å²) in [5, 5.41) is 10.7. The summed E-state index contributed by atoms with van der Waals surface area (Å²) < 4.78 is 24.8. The lowest BCUT2D eigenvalue weighted by Crippen LogP contribution is -2.52. The van der Waals surface area contributed by atoms with Gasteiger partial charge in [0.1, 0.15) is 0 Å². The third-order valence-corrected chi connectivity index (χ3v) is 6.09. The Morgan fingerprint density at radius 2 is 1.71 bits per heavy atom. The van der Waals surface area contributed by atoms with E-state index in [9.17, 15) is 18.3 Å². The number of amides is 1. The van der Waals surface area contributed by atoms with Gasteiger partial charge in [-0.15, -0.1) is 0 Å². The topological polar surface area (TPSA) is 74.7 Å². The molecule has 24 heavy (non-hydrogen) atoms. The molecule has 0 saturated carbocycles. The molecule has 1 aromatic carbocycles. The number of rotatable bonds is 4. The van der Waals surface area contributed by atoms with Gasteiger partial charge in [0.25, 0.3) is 0 Å². The van der Waals surface area contributed by atoms with Crippen LogP contribution in [0, 0.1) is 5.41 Å². The summed E-state index contributed by atoms with van der Waals surface area (Å²) in [6, 6.07) is 8.98. The fourth-order valence-corrected chi connectivity index (χ4v) is 4.94. The first kappa shape index (κ1) is 18.9. The summed E-state index contributed by atoms with van der Waals surface area (Å²) in [6.45, 7) is 6.38. The van der Waals surface area contributed by atoms with E-state index >= 15 is 0 Å². The van der Waals surface area contributed by atoms with E-state index in [-0.39, 0.29) is 17.4 Å². The van der Waals surface area contributed by atoms with Gasteiger partial charge in [-0.2, -0.15) is 0 Å². The molecule has 1 saturated heterocycles. The van der Waals surface area contributed by atoms with Crippen molar-refractivity contribution < 1.29 is 18.3 Å². The predicted octanol–water partition coefficient (Wildman–Crippen LogP) is 2.00. The second-order valence-electron chi connectivity index (χ2n) is 7.78. The molecule has 1 aliphatic heterocycles. The fourth-order valence-electron chi connectivity index (χ4n) is 3.03. The minimum atomic E-state index is -3.41. The number of piperidine rings is 1. The van der Waals surface area contributed by atoms with Crippen LogP contribution in [0.25, 0.3) is 0 Å². The van der Waals surface area contributed by atoms with Crippen molar-refractivity contribution in [1.29, 1.82) is 0 Å². The minimum Gasteiger partial charge on any atom is -0.389 e. The summed E-state index contributed by atoms with van der Waals surface area (Å²) in [4.78, 5) is 14.0. The third kappa shape index (κ3) is 5.05. The highest BCUT2D eigenvalue weighted by atomic mass is 32.2. The zero-order chi connectivity index (χ0) is 18.0. The molecule has 1 amide bonds. The molecule has 0 spiro atoms. The van der Waals surface area contributed by atoms with Gasteiger partial charge in [-0.3, -0.25) is 4.79 Å². The molecular weight excluding hydrogens is 326 g/mol. The van der Waals surface area contributed by atoms with E-state index in [1.807, 2.05) is 26.8 Å². The van der Waals surface area contributed by atoms with E-state index < -0.39 is 20.9 Å². The largest absolute Gasteiger partial charge is 0.389 e. The van der Waals surface area contributed by atoms with Crippen LogP contribution < -0.4 is 0 Å². The van der Waals surface area contributed by atoms with Gasteiger partial charge in [0.15, 0.2) is 9.84 Å². The molecule has 134 valence electrons. The highest BCUT2D eigenvalue weighted by Crippen LogP contribution is 2.28. The number of benzene rings is 1. The van der Waals surface area contributed by atoms with Crippen LogP contribution in [-0.4, -0.2) is 48.8 Å². The van der Waals surface area contributed by atoms with E-state index in [1.165, 1.54) is 0 Å². The quantitative estimate of drug-likeness (QED) is 0.898. The van der Waals surface area contributed by atoms with Crippen molar-refractivity contribution in [2.45, 2.75) is 45.0 Å². The predicted molar refractivity (Wildman–Crippen MR) is 94.2 cm³/mol. The number of carbonyl (C=O) groups excluding carboxylic acids is 1. The van der Waals surface area contributed by atoms with E-state index in [0.29, 0.717) is 25.9 Å². The van der Waals surface area contributed by atoms with E-state index in [4.69, 9.17) is 0 Å². The monoisotopic (exact) mass is 353 g/mol. The van der Waals surface area contributed by atoms with Gasteiger partial charge in [0.05, 0.1) is 17.1 Å². The molecule has 0 bridgehead atoms. The summed E-state index contributed by atoms with van der Waals surface area (Å²) in [5.74, 6) is -0.288. The third-order valence-electron chi connectivity index (χ3n) is 4.34. The van der Waals surface area contributed by atoms with Crippen LogP contribution in [0.4, 0.5) is 0 Å². The number of carbonyl (C=O) groups is 1. The van der Waals surface area contributed by atoms with Crippen molar-refractivity contribution in [3.63, 3.8) is 0 Å². The minimum absolute atomic E-state index is 0.0386. The number of hydrogen-bond acceptors (Lipinski definition) is 4. The first-order chi connectivity index (χ1) is 11.0. The maximum absolute atomic E-state index is 12.4. The molecule has 1 N–H and O–H groups in total. The molecule has 0 radical (unpaired) electrons. The lowest BCUT2D eigenvalue weighted by atomic mass is 9.89. The van der Waals surface area contributed by atoms with Crippen LogP contribution in [0.1, 0.15) is 39.2 Å². The summed E-state index contributed by atoms with van der Waals surface area (Å²) in [6.07, 6.45) is 0.589. The Morgan fingerprint density at radius 3 is 2.21 bits per heavy atom. The van der Waals surface area contributed by atoms with Crippen molar-refractivity contribution in [3.05, 3.63) is 35.9 Å². The van der Waals surface area contributed by atoms with Crippen molar-refractivity contribution in [2.24, 2.45) is 5.41 Å². The lowest BCUT2D eigenvalue weighted by Gasteiger charge is -2.40. The van der Waals surface area contributed by atoms with Gasteiger partial charge in [0, 0.05) is 18.5 Å². The Balaban J connectivity index is 1.97. The molecular formula is C18H27NO4S. The molecule has 1 aromatic rings. The van der Waals surface area contributed by atoms with Crippen LogP contribution >= 0.6 is 0 Å². The van der Waals surface area contributed by atoms with Crippen LogP contribution in [0.2, 0.25) is 0 Å². The molecule has 5 nitrogen and oxygen atoms in total. The smallest absolute Gasteiger partial charge is 0.227 e. The van der Waals surface area contributed by atoms with E-state index in [2.05, 4.69) is 0 Å². The Kier molecular flexibility index (Phi) is 5.40. The molecule has 2 rings (SSSR count). The van der Waals surface area contributed by atoms with Gasteiger partial charge < -0.3 is 10.0 Å². The molecule has 6 heteroatoms. The number of nitrogens with zero attached hydrogens (tertiary/aromatic N) is 1. The lowest BCUT2D eigenvalue weighted by molar-refractivity contribution is -0.143. The molecule has 0 aromatic heterocycles. The molecule has 1 fully saturated rings. The van der Waals surface area contributed by atoms with E-state index in [1.54, 1.807) is 29.2 Å². The van der Waals surface area contributed by atoms with Gasteiger partial charge in [0.2, 0.25) is 5.91 Å². The highest BCUT2D eigenvalue weighted by Gasteiger charge is 2.39. The normalized spacial score (nSPS) is 18.4. The number of sulfone groups is 1. The van der Waals surface area contributed by atoms with Crippen LogP contribution in [0.15, 0.2) is 30.3 Å². The Labute approximate surface area is 144 Å². The van der Waals surface area contributed by atoms with Gasteiger partial charge >= 0.3 is 0 Å². The van der Waals surface area contributed by atoms with Crippen LogP contribution in [0.3, 0.4) is 0 Å². The molecule has 0 aliphatic carbocycles. The number of aliphatic hydroxyl groups is 1. The molecule has 1 aliphatic rings. The highest BCUT2D eigenvalue weighted by molar-refractivity contribution is 7.90. The SMILES string of the molecule is CC(C)(C)C(=O)N1CCC(O)(CS(=O)(=O)Cc2ccccc2)CC1. The van der Waals surface area contributed by atoms with Gasteiger partial charge in [-0.05, 0) is 18.4 Å². The first-order valence-electron chi connectivity index (χ1n) is 8.27. The zero-order valence-electron chi connectivity index (χ0n) is 14.7. The first-order valence-corrected chi connectivity index (χ1v) is 10.1. The van der Waals surface area contributed by atoms with Crippen molar-refractivity contribution in [3.8, 4) is 0 Å². The Morgan fingerprint density at radius 1 is 1.17 bits per heavy atom. The fraction of sp³-hybridized carbons (Fsp3) is 0.611. The summed E-state index contributed by atoms with van der Waals surface area (Å²) in [5.41, 5.74) is -0.988. The Bertz CT molecular complexity index is 669. The van der Waals surface area contributed by atoms with Crippen molar-refractivity contribution in [1.82, 2.24) is 4.90 Å². The molecule has 1 heterocycles. The van der Waals surface area contributed by atoms with Crippen molar-refractivity contribution >= 4 is 15.7 Å².